The molecule has 1 fully saturated rings. The maximum atomic E-state index is 2.56. The van der Waals surface area contributed by atoms with E-state index in [0.717, 1.165) is 0 Å². The number of likely N-dealkylation sites (tertiary alicyclic amines) is 1. The highest BCUT2D eigenvalue weighted by Crippen LogP contribution is 2.28. The van der Waals surface area contributed by atoms with Crippen molar-refractivity contribution in [1.82, 2.24) is 4.90 Å². The summed E-state index contributed by atoms with van der Waals surface area (Å²) in [6, 6.07) is 0.711. The lowest BCUT2D eigenvalue weighted by molar-refractivity contribution is 0.129. The zero-order chi connectivity index (χ0) is 8.48. The predicted octanol–water partition coefficient (Wildman–Crippen LogP) is 2.33. The van der Waals surface area contributed by atoms with E-state index in [4.69, 9.17) is 0 Å². The van der Waals surface area contributed by atoms with Gasteiger partial charge in [0.25, 0.3) is 0 Å². The molecule has 11 heavy (non-hydrogen) atoms. The first-order chi connectivity index (χ1) is 5.01. The fraction of sp³-hybridized carbons (Fsp3) is 0.900. The van der Waals surface area contributed by atoms with E-state index >= 15 is 0 Å². The molecular weight excluding hydrogens is 134 g/mol. The van der Waals surface area contributed by atoms with Gasteiger partial charge in [-0.2, -0.15) is 0 Å². The lowest BCUT2D eigenvalue weighted by atomic mass is 9.84. The van der Waals surface area contributed by atoms with Crippen LogP contribution in [-0.4, -0.2) is 24.0 Å². The summed E-state index contributed by atoms with van der Waals surface area (Å²) in [5, 5.41) is 0. The second-order valence-corrected chi connectivity index (χ2v) is 4.55. The molecular formula is C10H20N. The van der Waals surface area contributed by atoms with Crippen molar-refractivity contribution in [3.05, 3.63) is 6.42 Å². The van der Waals surface area contributed by atoms with Crippen molar-refractivity contribution in [3.63, 3.8) is 0 Å². The summed E-state index contributed by atoms with van der Waals surface area (Å²) in [7, 11) is 0. The molecule has 0 aromatic carbocycles. The molecule has 1 aliphatic heterocycles. The smallest absolute Gasteiger partial charge is 0.00388 e. The molecule has 1 saturated heterocycles. The molecule has 0 N–H and O–H groups in total. The summed E-state index contributed by atoms with van der Waals surface area (Å²) in [4.78, 5) is 2.56. The molecule has 0 aliphatic carbocycles. The number of hydrogen-bond donors (Lipinski definition) is 0. The number of hydrogen-bond acceptors (Lipinski definition) is 1. The maximum Gasteiger partial charge on any atom is 0.00388 e. The molecule has 1 nitrogen and oxygen atoms in total. The molecule has 0 saturated carbocycles. The van der Waals surface area contributed by atoms with E-state index in [9.17, 15) is 0 Å². The Morgan fingerprint density at radius 1 is 1.36 bits per heavy atom. The number of nitrogens with zero attached hydrogens (tertiary/aromatic N) is 1. The van der Waals surface area contributed by atoms with Crippen LogP contribution < -0.4 is 0 Å². The number of piperidine rings is 1. The molecule has 65 valence electrons. The third-order valence-electron chi connectivity index (χ3n) is 2.45. The largest absolute Gasteiger partial charge is 0.300 e. The van der Waals surface area contributed by atoms with Crippen LogP contribution in [-0.2, 0) is 0 Å². The SMILES string of the molecule is CC(C)N1CC[CH]C(C)(C)C1. The second-order valence-electron chi connectivity index (χ2n) is 4.55. The molecule has 0 spiro atoms. The second kappa shape index (κ2) is 3.14. The molecule has 1 aliphatic rings. The Morgan fingerprint density at radius 3 is 2.36 bits per heavy atom. The minimum absolute atomic E-state index is 0.433. The van der Waals surface area contributed by atoms with Gasteiger partial charge < -0.3 is 4.90 Å². The van der Waals surface area contributed by atoms with Crippen LogP contribution in [0.3, 0.4) is 0 Å². The van der Waals surface area contributed by atoms with Gasteiger partial charge in [-0.1, -0.05) is 13.8 Å². The topological polar surface area (TPSA) is 3.24 Å². The normalized spacial score (nSPS) is 25.9. The monoisotopic (exact) mass is 154 g/mol. The summed E-state index contributed by atoms with van der Waals surface area (Å²) in [5.41, 5.74) is 0.433. The van der Waals surface area contributed by atoms with Crippen molar-refractivity contribution in [2.24, 2.45) is 5.41 Å². The third-order valence-corrected chi connectivity index (χ3v) is 2.45. The van der Waals surface area contributed by atoms with Crippen molar-refractivity contribution < 1.29 is 0 Å². The first-order valence-corrected chi connectivity index (χ1v) is 4.60. The summed E-state index contributed by atoms with van der Waals surface area (Å²) in [6.07, 6.45) is 3.71. The average molecular weight is 154 g/mol. The van der Waals surface area contributed by atoms with Gasteiger partial charge >= 0.3 is 0 Å². The van der Waals surface area contributed by atoms with E-state index in [0.29, 0.717) is 11.5 Å². The Labute approximate surface area is 70.8 Å². The van der Waals surface area contributed by atoms with Gasteiger partial charge in [-0.15, -0.1) is 0 Å². The van der Waals surface area contributed by atoms with E-state index < -0.39 is 0 Å². The van der Waals surface area contributed by atoms with E-state index in [1.807, 2.05) is 0 Å². The first kappa shape index (κ1) is 9.05. The van der Waals surface area contributed by atoms with Crippen molar-refractivity contribution in [2.45, 2.75) is 40.2 Å². The Bertz CT molecular complexity index is 127. The standard InChI is InChI=1S/C10H20N/c1-9(2)11-7-5-6-10(3,4)8-11/h6,9H,5,7-8H2,1-4H3. The van der Waals surface area contributed by atoms with E-state index in [1.54, 1.807) is 0 Å². The van der Waals surface area contributed by atoms with E-state index in [-0.39, 0.29) is 0 Å². The Morgan fingerprint density at radius 2 is 2.00 bits per heavy atom. The molecule has 0 bridgehead atoms. The molecule has 0 amide bonds. The van der Waals surface area contributed by atoms with Crippen LogP contribution in [0.1, 0.15) is 34.1 Å². The zero-order valence-corrected chi connectivity index (χ0v) is 8.22. The van der Waals surface area contributed by atoms with Crippen LogP contribution in [0.15, 0.2) is 0 Å². The highest BCUT2D eigenvalue weighted by atomic mass is 15.2. The van der Waals surface area contributed by atoms with Crippen LogP contribution >= 0.6 is 0 Å². The number of rotatable bonds is 1. The van der Waals surface area contributed by atoms with E-state index in [1.165, 1.54) is 19.5 Å². The van der Waals surface area contributed by atoms with Gasteiger partial charge in [-0.3, -0.25) is 0 Å². The predicted molar refractivity (Wildman–Crippen MR) is 49.4 cm³/mol. The Balaban J connectivity index is 2.46. The van der Waals surface area contributed by atoms with Gasteiger partial charge in [0.2, 0.25) is 0 Å². The first-order valence-electron chi connectivity index (χ1n) is 4.60. The van der Waals surface area contributed by atoms with Crippen LogP contribution in [0.25, 0.3) is 0 Å². The van der Waals surface area contributed by atoms with Crippen molar-refractivity contribution in [3.8, 4) is 0 Å². The van der Waals surface area contributed by atoms with Gasteiger partial charge in [0.15, 0.2) is 0 Å². The molecule has 0 aromatic rings. The summed E-state index contributed by atoms with van der Waals surface area (Å²) >= 11 is 0. The van der Waals surface area contributed by atoms with Gasteiger partial charge in [0.05, 0.1) is 0 Å². The van der Waals surface area contributed by atoms with E-state index in [2.05, 4.69) is 39.0 Å². The Kier molecular flexibility index (Phi) is 2.58. The van der Waals surface area contributed by atoms with Gasteiger partial charge in [0.1, 0.15) is 0 Å². The minimum atomic E-state index is 0.433. The summed E-state index contributed by atoms with van der Waals surface area (Å²) in [6.45, 7) is 11.7. The molecule has 1 radical (unpaired) electrons. The maximum absolute atomic E-state index is 2.56. The Hall–Kier alpha value is -0.0400. The lowest BCUT2D eigenvalue weighted by Gasteiger charge is -2.40. The zero-order valence-electron chi connectivity index (χ0n) is 8.22. The average Bonchev–Trinajstić information content (AvgIpc) is 1.85. The van der Waals surface area contributed by atoms with Crippen LogP contribution in [0, 0.1) is 11.8 Å². The lowest BCUT2D eigenvalue weighted by Crippen LogP contribution is -2.43. The quantitative estimate of drug-likeness (QED) is 0.560. The van der Waals surface area contributed by atoms with Gasteiger partial charge in [0, 0.05) is 12.6 Å². The van der Waals surface area contributed by atoms with Gasteiger partial charge in [-0.25, -0.2) is 0 Å². The van der Waals surface area contributed by atoms with Crippen LogP contribution in [0.5, 0.6) is 0 Å². The summed E-state index contributed by atoms with van der Waals surface area (Å²) in [5.74, 6) is 0. The highest BCUT2D eigenvalue weighted by Gasteiger charge is 2.27. The van der Waals surface area contributed by atoms with Crippen molar-refractivity contribution in [1.29, 1.82) is 0 Å². The molecule has 1 heteroatoms. The van der Waals surface area contributed by atoms with Crippen LogP contribution in [0.2, 0.25) is 0 Å². The fourth-order valence-electron chi connectivity index (χ4n) is 1.73. The molecule has 0 atom stereocenters. The molecule has 1 rings (SSSR count). The molecule has 0 unspecified atom stereocenters. The molecule has 0 aromatic heterocycles. The minimum Gasteiger partial charge on any atom is -0.300 e. The summed E-state index contributed by atoms with van der Waals surface area (Å²) < 4.78 is 0. The van der Waals surface area contributed by atoms with Crippen molar-refractivity contribution >= 4 is 0 Å². The fourth-order valence-corrected chi connectivity index (χ4v) is 1.73. The van der Waals surface area contributed by atoms with Crippen molar-refractivity contribution in [2.75, 3.05) is 13.1 Å². The van der Waals surface area contributed by atoms with Gasteiger partial charge in [-0.05, 0) is 38.6 Å². The highest BCUT2D eigenvalue weighted by molar-refractivity contribution is 4.93. The van der Waals surface area contributed by atoms with Crippen LogP contribution in [0.4, 0.5) is 0 Å². The third kappa shape index (κ3) is 2.48. The molecule has 1 heterocycles.